The van der Waals surface area contributed by atoms with E-state index < -0.39 is 5.91 Å². The molecular weight excluding hydrogens is 326 g/mol. The number of amides is 2. The van der Waals surface area contributed by atoms with Crippen molar-refractivity contribution in [2.75, 3.05) is 13.2 Å². The number of nitrogens with one attached hydrogen (secondary N) is 2. The van der Waals surface area contributed by atoms with Gasteiger partial charge >= 0.3 is 5.91 Å². The van der Waals surface area contributed by atoms with Crippen LogP contribution in [0.1, 0.15) is 20.9 Å². The first-order valence-electron chi connectivity index (χ1n) is 7.49. The standard InChI is InChI=1S/C17H15N3O5/c21-16(13-7-3-5-11-4-1-2-6-12(11)13)18-8-9-24-15-10-14(25-20-15)17(22)19-23/h1-7,10,23H,8-9H2,(H,18,21)(H,19,22). The van der Waals surface area contributed by atoms with Gasteiger partial charge in [0.05, 0.1) is 12.6 Å². The van der Waals surface area contributed by atoms with Crippen molar-refractivity contribution < 1.29 is 24.1 Å². The van der Waals surface area contributed by atoms with Crippen LogP contribution in [0.25, 0.3) is 10.8 Å². The maximum atomic E-state index is 12.3. The summed E-state index contributed by atoms with van der Waals surface area (Å²) in [6, 6.07) is 14.4. The van der Waals surface area contributed by atoms with Gasteiger partial charge in [-0.1, -0.05) is 36.4 Å². The quantitative estimate of drug-likeness (QED) is 0.358. The van der Waals surface area contributed by atoms with Crippen LogP contribution in [-0.2, 0) is 0 Å². The second-order valence-electron chi connectivity index (χ2n) is 5.10. The zero-order valence-electron chi connectivity index (χ0n) is 13.1. The third-order valence-corrected chi connectivity index (χ3v) is 3.49. The second kappa shape index (κ2) is 7.45. The number of rotatable bonds is 6. The molecule has 2 amide bonds. The van der Waals surface area contributed by atoms with Crippen molar-refractivity contribution in [3.63, 3.8) is 0 Å². The smallest absolute Gasteiger partial charge is 0.313 e. The van der Waals surface area contributed by atoms with E-state index in [0.717, 1.165) is 10.8 Å². The fourth-order valence-corrected chi connectivity index (χ4v) is 2.33. The summed E-state index contributed by atoms with van der Waals surface area (Å²) in [6.07, 6.45) is 0. The predicted octanol–water partition coefficient (Wildman–Crippen LogP) is 1.76. The van der Waals surface area contributed by atoms with Gasteiger partial charge in [0.1, 0.15) is 6.61 Å². The fourth-order valence-electron chi connectivity index (χ4n) is 2.33. The lowest BCUT2D eigenvalue weighted by molar-refractivity contribution is 0.0666. The molecule has 128 valence electrons. The Morgan fingerprint density at radius 1 is 1.12 bits per heavy atom. The molecule has 8 nitrogen and oxygen atoms in total. The van der Waals surface area contributed by atoms with Gasteiger partial charge in [-0.25, -0.2) is 5.48 Å². The summed E-state index contributed by atoms with van der Waals surface area (Å²) in [5.74, 6) is -1.14. The van der Waals surface area contributed by atoms with Crippen molar-refractivity contribution >= 4 is 22.6 Å². The number of benzene rings is 2. The number of aromatic nitrogens is 1. The van der Waals surface area contributed by atoms with Crippen LogP contribution in [0.3, 0.4) is 0 Å². The number of carbonyl (C=O) groups is 2. The molecule has 0 atom stereocenters. The Bertz CT molecular complexity index is 901. The van der Waals surface area contributed by atoms with E-state index in [4.69, 9.17) is 9.94 Å². The van der Waals surface area contributed by atoms with E-state index in [2.05, 4.69) is 15.0 Å². The van der Waals surface area contributed by atoms with Crippen LogP contribution in [0.2, 0.25) is 0 Å². The Morgan fingerprint density at radius 2 is 1.92 bits per heavy atom. The monoisotopic (exact) mass is 341 g/mol. The predicted molar refractivity (Wildman–Crippen MR) is 87.5 cm³/mol. The van der Waals surface area contributed by atoms with Gasteiger partial charge in [0.15, 0.2) is 0 Å². The summed E-state index contributed by atoms with van der Waals surface area (Å²) in [6.45, 7) is 0.389. The lowest BCUT2D eigenvalue weighted by atomic mass is 10.0. The summed E-state index contributed by atoms with van der Waals surface area (Å²) in [4.78, 5) is 23.4. The summed E-state index contributed by atoms with van der Waals surface area (Å²) < 4.78 is 9.95. The van der Waals surface area contributed by atoms with E-state index in [9.17, 15) is 9.59 Å². The lowest BCUT2D eigenvalue weighted by Gasteiger charge is -2.08. The molecule has 2 aromatic carbocycles. The van der Waals surface area contributed by atoms with Crippen molar-refractivity contribution in [3.05, 3.63) is 59.9 Å². The van der Waals surface area contributed by atoms with Gasteiger partial charge in [0, 0.05) is 5.56 Å². The van der Waals surface area contributed by atoms with Crippen LogP contribution < -0.4 is 15.5 Å². The SMILES string of the molecule is O=C(NO)c1cc(OCCNC(=O)c2cccc3ccccc23)no1. The van der Waals surface area contributed by atoms with Crippen molar-refractivity contribution in [2.24, 2.45) is 0 Å². The topological polar surface area (TPSA) is 114 Å². The molecule has 1 heterocycles. The molecule has 1 aromatic heterocycles. The number of hydrogen-bond donors (Lipinski definition) is 3. The number of fused-ring (bicyclic) bond motifs is 1. The minimum absolute atomic E-state index is 0.0815. The number of hydroxylamine groups is 1. The molecule has 0 unspecified atom stereocenters. The minimum atomic E-state index is -0.827. The highest BCUT2D eigenvalue weighted by Crippen LogP contribution is 2.18. The first kappa shape index (κ1) is 16.5. The fraction of sp³-hybridized carbons (Fsp3) is 0.118. The Morgan fingerprint density at radius 3 is 2.76 bits per heavy atom. The second-order valence-corrected chi connectivity index (χ2v) is 5.10. The van der Waals surface area contributed by atoms with Gasteiger partial charge in [-0.15, -0.1) is 0 Å². The van der Waals surface area contributed by atoms with Crippen LogP contribution in [-0.4, -0.2) is 35.3 Å². The first-order valence-corrected chi connectivity index (χ1v) is 7.49. The average Bonchev–Trinajstić information content (AvgIpc) is 3.13. The van der Waals surface area contributed by atoms with Crippen molar-refractivity contribution in [3.8, 4) is 5.88 Å². The molecule has 0 saturated carbocycles. The molecule has 25 heavy (non-hydrogen) atoms. The first-order chi connectivity index (χ1) is 12.2. The number of hydrogen-bond acceptors (Lipinski definition) is 6. The van der Waals surface area contributed by atoms with Gasteiger partial charge in [-0.2, -0.15) is 0 Å². The number of carbonyl (C=O) groups excluding carboxylic acids is 2. The Kier molecular flexibility index (Phi) is 4.91. The summed E-state index contributed by atoms with van der Waals surface area (Å²) in [5.41, 5.74) is 2.01. The van der Waals surface area contributed by atoms with E-state index in [-0.39, 0.29) is 30.7 Å². The van der Waals surface area contributed by atoms with E-state index in [1.54, 1.807) is 6.07 Å². The summed E-state index contributed by atoms with van der Waals surface area (Å²) in [7, 11) is 0. The molecule has 0 spiro atoms. The van der Waals surface area contributed by atoms with Gasteiger partial charge in [0.25, 0.3) is 11.8 Å². The Hall–Kier alpha value is -3.39. The zero-order valence-corrected chi connectivity index (χ0v) is 13.1. The number of ether oxygens (including phenoxy) is 1. The third kappa shape index (κ3) is 3.75. The summed E-state index contributed by atoms with van der Waals surface area (Å²) >= 11 is 0. The molecule has 0 aliphatic rings. The van der Waals surface area contributed by atoms with Crippen LogP contribution in [0, 0.1) is 0 Å². The van der Waals surface area contributed by atoms with Gasteiger partial charge < -0.3 is 14.6 Å². The maximum absolute atomic E-state index is 12.3. The molecule has 0 saturated heterocycles. The van der Waals surface area contributed by atoms with Crippen LogP contribution in [0.15, 0.2) is 53.1 Å². The molecule has 0 bridgehead atoms. The van der Waals surface area contributed by atoms with Crippen LogP contribution in [0.5, 0.6) is 5.88 Å². The highest BCUT2D eigenvalue weighted by molar-refractivity contribution is 6.06. The van der Waals surface area contributed by atoms with E-state index >= 15 is 0 Å². The molecule has 0 aliphatic carbocycles. The summed E-state index contributed by atoms with van der Waals surface area (Å²) in [5, 5.41) is 16.6. The molecule has 3 rings (SSSR count). The minimum Gasteiger partial charge on any atom is -0.474 e. The lowest BCUT2D eigenvalue weighted by Crippen LogP contribution is -2.28. The van der Waals surface area contributed by atoms with Crippen molar-refractivity contribution in [1.82, 2.24) is 16.0 Å². The largest absolute Gasteiger partial charge is 0.474 e. The van der Waals surface area contributed by atoms with E-state index in [1.165, 1.54) is 11.5 Å². The van der Waals surface area contributed by atoms with E-state index in [0.29, 0.717) is 5.56 Å². The van der Waals surface area contributed by atoms with Crippen LogP contribution in [0.4, 0.5) is 0 Å². The molecular formula is C17H15N3O5. The highest BCUT2D eigenvalue weighted by atomic mass is 16.5. The normalized spacial score (nSPS) is 10.4. The van der Waals surface area contributed by atoms with Gasteiger partial charge in [0.2, 0.25) is 5.76 Å². The van der Waals surface area contributed by atoms with Gasteiger partial charge in [-0.05, 0) is 22.0 Å². The average molecular weight is 341 g/mol. The van der Waals surface area contributed by atoms with Crippen molar-refractivity contribution in [2.45, 2.75) is 0 Å². The Labute approximate surface area is 142 Å². The number of nitrogens with zero attached hydrogens (tertiary/aromatic N) is 1. The maximum Gasteiger partial charge on any atom is 0.313 e. The van der Waals surface area contributed by atoms with E-state index in [1.807, 2.05) is 36.4 Å². The molecule has 0 radical (unpaired) electrons. The van der Waals surface area contributed by atoms with Gasteiger partial charge in [-0.3, -0.25) is 14.8 Å². The Balaban J connectivity index is 1.54. The van der Waals surface area contributed by atoms with Crippen molar-refractivity contribution in [1.29, 1.82) is 0 Å². The van der Waals surface area contributed by atoms with Crippen LogP contribution >= 0.6 is 0 Å². The molecule has 0 fully saturated rings. The zero-order chi connectivity index (χ0) is 17.6. The highest BCUT2D eigenvalue weighted by Gasteiger charge is 2.13. The molecule has 3 N–H and O–H groups in total. The molecule has 8 heteroatoms. The third-order valence-electron chi connectivity index (χ3n) is 3.49. The molecule has 3 aromatic rings. The molecule has 0 aliphatic heterocycles.